The quantitative estimate of drug-likeness (QED) is 0.100. The van der Waals surface area contributed by atoms with Crippen molar-refractivity contribution in [1.29, 1.82) is 0 Å². The van der Waals surface area contributed by atoms with Gasteiger partial charge in [-0.15, -0.1) is 0 Å². The van der Waals surface area contributed by atoms with E-state index in [-0.39, 0.29) is 12.3 Å². The van der Waals surface area contributed by atoms with Gasteiger partial charge in [-0.2, -0.15) is 5.10 Å². The summed E-state index contributed by atoms with van der Waals surface area (Å²) in [6.45, 7) is 5.22. The number of unbranched alkanes of at least 4 members (excludes halogenated alkanes) is 7. The van der Waals surface area contributed by atoms with Crippen molar-refractivity contribution in [2.75, 3.05) is 13.2 Å². The Morgan fingerprint density at radius 2 is 1.71 bits per heavy atom. The summed E-state index contributed by atoms with van der Waals surface area (Å²) in [5.41, 5.74) is 4.56. The molecule has 42 heavy (non-hydrogen) atoms. The lowest BCUT2D eigenvalue weighted by molar-refractivity contribution is -0.137. The third kappa shape index (κ3) is 8.55. The summed E-state index contributed by atoms with van der Waals surface area (Å²) in [5.74, 6) is 0.0811. The van der Waals surface area contributed by atoms with Gasteiger partial charge in [-0.3, -0.25) is 14.5 Å². The highest BCUT2D eigenvalue weighted by atomic mass is 32.2. The number of thiocarbonyl (C=S) groups is 1. The minimum absolute atomic E-state index is 0.0512. The van der Waals surface area contributed by atoms with Crippen molar-refractivity contribution < 1.29 is 19.4 Å². The maximum absolute atomic E-state index is 13.4. The molecule has 1 N–H and O–H groups in total. The number of hydrogen-bond acceptors (Lipinski definition) is 6. The van der Waals surface area contributed by atoms with Crippen LogP contribution in [0.5, 0.6) is 5.75 Å². The molecule has 4 rings (SSSR count). The van der Waals surface area contributed by atoms with E-state index in [9.17, 15) is 9.59 Å². The number of carboxylic acid groups (broad SMARTS) is 1. The molecule has 1 aromatic heterocycles. The molecule has 0 radical (unpaired) electrons. The fourth-order valence-electron chi connectivity index (χ4n) is 4.99. The maximum atomic E-state index is 13.4. The smallest absolute Gasteiger partial charge is 0.303 e. The van der Waals surface area contributed by atoms with E-state index in [1.165, 1.54) is 11.8 Å². The molecule has 1 aliphatic rings. The number of rotatable bonds is 16. The number of hydrogen-bond donors (Lipinski definition) is 1. The highest BCUT2D eigenvalue weighted by Gasteiger charge is 2.32. The number of benzene rings is 2. The van der Waals surface area contributed by atoms with Gasteiger partial charge >= 0.3 is 5.97 Å². The Balaban J connectivity index is 1.42. The summed E-state index contributed by atoms with van der Waals surface area (Å²) in [6.07, 6.45) is 12.2. The highest BCUT2D eigenvalue weighted by molar-refractivity contribution is 8.26. The van der Waals surface area contributed by atoms with E-state index in [4.69, 9.17) is 27.2 Å². The second-order valence-electron chi connectivity index (χ2n) is 10.4. The summed E-state index contributed by atoms with van der Waals surface area (Å²) in [4.78, 5) is 26.3. The van der Waals surface area contributed by atoms with E-state index >= 15 is 0 Å². The van der Waals surface area contributed by atoms with E-state index < -0.39 is 5.97 Å². The van der Waals surface area contributed by atoms with Crippen LogP contribution in [0.1, 0.15) is 75.8 Å². The third-order valence-electron chi connectivity index (χ3n) is 7.19. The number of aromatic nitrogens is 2. The molecule has 2 heterocycles. The van der Waals surface area contributed by atoms with Gasteiger partial charge in [-0.1, -0.05) is 80.7 Å². The third-order valence-corrected chi connectivity index (χ3v) is 8.57. The van der Waals surface area contributed by atoms with Crippen LogP contribution in [0.2, 0.25) is 0 Å². The number of nitrogens with zero attached hydrogens (tertiary/aromatic N) is 3. The van der Waals surface area contributed by atoms with E-state index in [2.05, 4.69) is 6.07 Å². The van der Waals surface area contributed by atoms with Crippen LogP contribution in [0.15, 0.2) is 59.6 Å². The molecule has 222 valence electrons. The summed E-state index contributed by atoms with van der Waals surface area (Å²) in [7, 11) is 0. The average Bonchev–Trinajstić information content (AvgIpc) is 3.51. The average molecular weight is 606 g/mol. The van der Waals surface area contributed by atoms with Gasteiger partial charge in [0.05, 0.1) is 17.2 Å². The topological polar surface area (TPSA) is 84.7 Å². The van der Waals surface area contributed by atoms with Gasteiger partial charge in [-0.05, 0) is 68.7 Å². The van der Waals surface area contributed by atoms with Crippen molar-refractivity contribution in [2.24, 2.45) is 0 Å². The maximum Gasteiger partial charge on any atom is 0.303 e. The molecular weight excluding hydrogens is 567 g/mol. The van der Waals surface area contributed by atoms with Crippen molar-refractivity contribution in [1.82, 2.24) is 14.7 Å². The summed E-state index contributed by atoms with van der Waals surface area (Å²) < 4.78 is 8.18. The number of aryl methyl sites for hydroxylation is 1. The molecule has 0 unspecified atom stereocenters. The first kappa shape index (κ1) is 31.5. The number of carboxylic acids is 1. The Morgan fingerprint density at radius 3 is 2.38 bits per heavy atom. The normalized spacial score (nSPS) is 14.2. The Hall–Kier alpha value is -3.43. The van der Waals surface area contributed by atoms with Gasteiger partial charge in [0.25, 0.3) is 5.91 Å². The minimum Gasteiger partial charge on any atom is -0.494 e. The highest BCUT2D eigenvalue weighted by Crippen LogP contribution is 2.36. The van der Waals surface area contributed by atoms with Gasteiger partial charge in [0.1, 0.15) is 15.8 Å². The minimum atomic E-state index is -0.717. The fraction of sp³-hybridized carbons (Fsp3) is 0.394. The van der Waals surface area contributed by atoms with Crippen molar-refractivity contribution in [2.45, 2.75) is 71.6 Å². The molecule has 2 aromatic carbocycles. The zero-order valence-corrected chi connectivity index (χ0v) is 26.0. The van der Waals surface area contributed by atoms with Gasteiger partial charge < -0.3 is 9.84 Å². The fourth-order valence-corrected chi connectivity index (χ4v) is 6.28. The summed E-state index contributed by atoms with van der Waals surface area (Å²) >= 11 is 6.95. The zero-order chi connectivity index (χ0) is 29.9. The number of aliphatic carboxylic acids is 1. The molecule has 0 spiro atoms. The van der Waals surface area contributed by atoms with Crippen LogP contribution in [0.4, 0.5) is 0 Å². The molecule has 9 heteroatoms. The van der Waals surface area contributed by atoms with Crippen LogP contribution in [0, 0.1) is 6.92 Å². The van der Waals surface area contributed by atoms with Crippen LogP contribution in [0.25, 0.3) is 23.0 Å². The number of amides is 1. The van der Waals surface area contributed by atoms with Gasteiger partial charge in [0.2, 0.25) is 0 Å². The standard InChI is InChI=1S/C33H39N3O4S2/c1-3-40-28-19-18-25(21-24(28)2)31-26(23-36(34-31)27-15-11-10-12-16-27)22-29-32(39)35(33(41)42-29)20-14-9-7-5-4-6-8-13-17-30(37)38/h10-12,15-16,18-19,21-23H,3-9,13-14,17,20H2,1-2H3,(H,37,38)/b29-22-. The van der Waals surface area contributed by atoms with Crippen LogP contribution >= 0.6 is 24.0 Å². The predicted molar refractivity (Wildman–Crippen MR) is 174 cm³/mol. The first-order chi connectivity index (χ1) is 20.4. The molecule has 1 fully saturated rings. The van der Waals surface area contributed by atoms with Crippen molar-refractivity contribution in [3.8, 4) is 22.7 Å². The van der Waals surface area contributed by atoms with Crippen LogP contribution in [0.3, 0.4) is 0 Å². The first-order valence-electron chi connectivity index (χ1n) is 14.7. The largest absolute Gasteiger partial charge is 0.494 e. The Labute approximate surface area is 257 Å². The molecule has 0 saturated carbocycles. The number of ether oxygens (including phenoxy) is 1. The van der Waals surface area contributed by atoms with Gasteiger partial charge in [-0.25, -0.2) is 4.68 Å². The Kier molecular flexibility index (Phi) is 11.8. The molecule has 1 amide bonds. The van der Waals surface area contributed by atoms with E-state index in [0.717, 1.165) is 85.2 Å². The monoisotopic (exact) mass is 605 g/mol. The lowest BCUT2D eigenvalue weighted by atomic mass is 10.0. The molecule has 7 nitrogen and oxygen atoms in total. The Bertz CT molecular complexity index is 1420. The number of carbonyl (C=O) groups excluding carboxylic acids is 1. The van der Waals surface area contributed by atoms with E-state index in [1.54, 1.807) is 4.90 Å². The van der Waals surface area contributed by atoms with Crippen molar-refractivity contribution >= 4 is 46.3 Å². The number of para-hydroxylation sites is 1. The van der Waals surface area contributed by atoms with Crippen molar-refractivity contribution in [3.05, 3.63) is 70.8 Å². The molecule has 0 aliphatic carbocycles. The molecule has 1 saturated heterocycles. The van der Waals surface area contributed by atoms with Crippen LogP contribution in [-0.2, 0) is 9.59 Å². The van der Waals surface area contributed by atoms with Gasteiger partial charge in [0.15, 0.2) is 0 Å². The van der Waals surface area contributed by atoms with E-state index in [0.29, 0.717) is 22.4 Å². The number of thioether (sulfide) groups is 1. The summed E-state index contributed by atoms with van der Waals surface area (Å²) in [6, 6.07) is 16.0. The van der Waals surface area contributed by atoms with Crippen LogP contribution in [-0.4, -0.2) is 49.1 Å². The Morgan fingerprint density at radius 1 is 1.02 bits per heavy atom. The zero-order valence-electron chi connectivity index (χ0n) is 24.4. The SMILES string of the molecule is CCOc1ccc(-c2nn(-c3ccccc3)cc2/C=C2\SC(=S)N(CCCCCCCCCCC(=O)O)C2=O)cc1C. The lowest BCUT2D eigenvalue weighted by Gasteiger charge is -2.14. The number of carbonyl (C=O) groups is 2. The van der Waals surface area contributed by atoms with Crippen LogP contribution < -0.4 is 4.74 Å². The first-order valence-corrected chi connectivity index (χ1v) is 16.0. The predicted octanol–water partition coefficient (Wildman–Crippen LogP) is 8.04. The summed E-state index contributed by atoms with van der Waals surface area (Å²) in [5, 5.41) is 13.6. The molecule has 1 aliphatic heterocycles. The molecule has 0 bridgehead atoms. The molecular formula is C33H39N3O4S2. The lowest BCUT2D eigenvalue weighted by Crippen LogP contribution is -2.29. The van der Waals surface area contributed by atoms with Gasteiger partial charge in [0, 0.05) is 30.3 Å². The second-order valence-corrected chi connectivity index (χ2v) is 12.1. The molecule has 3 aromatic rings. The van der Waals surface area contributed by atoms with Crippen molar-refractivity contribution in [3.63, 3.8) is 0 Å². The second kappa shape index (κ2) is 15.7. The molecule has 0 atom stereocenters. The van der Waals surface area contributed by atoms with E-state index in [1.807, 2.05) is 73.3 Å².